The van der Waals surface area contributed by atoms with Crippen LogP contribution in [0.3, 0.4) is 0 Å². The van der Waals surface area contributed by atoms with Crippen LogP contribution >= 0.6 is 0 Å². The predicted octanol–water partition coefficient (Wildman–Crippen LogP) is 2.96. The van der Waals surface area contributed by atoms with E-state index in [1.807, 2.05) is 48.3 Å². The molecule has 1 saturated carbocycles. The maximum Gasteiger partial charge on any atom is 0.328 e. The lowest BCUT2D eigenvalue weighted by Gasteiger charge is -2.36. The number of likely N-dealkylation sites (N-methyl/N-ethyl adjacent to an activating group) is 1. The van der Waals surface area contributed by atoms with Crippen molar-refractivity contribution in [2.24, 2.45) is 5.92 Å². The summed E-state index contributed by atoms with van der Waals surface area (Å²) in [5.41, 5.74) is 2.18. The Bertz CT molecular complexity index is 906. The molecule has 2 heterocycles. The van der Waals surface area contributed by atoms with Gasteiger partial charge in [0.05, 0.1) is 20.2 Å². The van der Waals surface area contributed by atoms with Crippen LogP contribution in [0.1, 0.15) is 41.9 Å². The predicted molar refractivity (Wildman–Crippen MR) is 108 cm³/mol. The lowest BCUT2D eigenvalue weighted by atomic mass is 9.94. The first-order chi connectivity index (χ1) is 14.0. The van der Waals surface area contributed by atoms with Crippen molar-refractivity contribution >= 4 is 11.9 Å². The van der Waals surface area contributed by atoms with Gasteiger partial charge in [-0.15, -0.1) is 0 Å². The molecule has 1 fully saturated rings. The third-order valence-electron chi connectivity index (χ3n) is 6.03. The van der Waals surface area contributed by atoms with Crippen LogP contribution < -0.4 is 0 Å². The summed E-state index contributed by atoms with van der Waals surface area (Å²) in [6, 6.07) is 11.4. The highest BCUT2D eigenvalue weighted by atomic mass is 16.5. The Kier molecular flexibility index (Phi) is 5.46. The van der Waals surface area contributed by atoms with Gasteiger partial charge in [0.2, 0.25) is 5.91 Å². The van der Waals surface area contributed by atoms with Gasteiger partial charge in [0.25, 0.3) is 0 Å². The number of amides is 1. The molecule has 2 aromatic rings. The van der Waals surface area contributed by atoms with Crippen LogP contribution in [-0.2, 0) is 33.8 Å². The van der Waals surface area contributed by atoms with Gasteiger partial charge in [0.1, 0.15) is 17.6 Å². The largest absolute Gasteiger partial charge is 0.467 e. The molecule has 2 aliphatic rings. The molecule has 0 unspecified atom stereocenters. The Morgan fingerprint density at radius 3 is 2.62 bits per heavy atom. The smallest absolute Gasteiger partial charge is 0.328 e. The van der Waals surface area contributed by atoms with Crippen LogP contribution in [0.5, 0.6) is 0 Å². The molecular formula is C23H28N2O4. The summed E-state index contributed by atoms with van der Waals surface area (Å²) in [5.74, 6) is 2.70. The number of rotatable bonds is 6. The van der Waals surface area contributed by atoms with Gasteiger partial charge in [-0.25, -0.2) is 4.79 Å². The molecule has 0 spiro atoms. The molecule has 0 saturated heterocycles. The Labute approximate surface area is 171 Å². The number of benzene rings is 1. The lowest BCUT2D eigenvalue weighted by Crippen LogP contribution is -2.51. The number of carbonyl (C=O) groups is 2. The van der Waals surface area contributed by atoms with Gasteiger partial charge in [-0.2, -0.15) is 0 Å². The highest BCUT2D eigenvalue weighted by Crippen LogP contribution is 2.47. The molecule has 1 aliphatic heterocycles. The summed E-state index contributed by atoms with van der Waals surface area (Å²) in [7, 11) is 3.26. The topological polar surface area (TPSA) is 63.0 Å². The van der Waals surface area contributed by atoms with Gasteiger partial charge in [0.15, 0.2) is 0 Å². The van der Waals surface area contributed by atoms with Gasteiger partial charge < -0.3 is 14.1 Å². The zero-order valence-corrected chi connectivity index (χ0v) is 17.3. The molecule has 6 heteroatoms. The summed E-state index contributed by atoms with van der Waals surface area (Å²) < 4.78 is 10.9. The van der Waals surface area contributed by atoms with E-state index in [1.54, 1.807) is 4.90 Å². The Morgan fingerprint density at radius 2 is 1.93 bits per heavy atom. The zero-order chi connectivity index (χ0) is 20.5. The number of fused-ring (bicyclic) bond motifs is 1. The van der Waals surface area contributed by atoms with Crippen LogP contribution in [0, 0.1) is 5.92 Å². The second-order valence-electron chi connectivity index (χ2n) is 8.33. The second kappa shape index (κ2) is 8.03. The Balaban J connectivity index is 1.41. The zero-order valence-electron chi connectivity index (χ0n) is 17.3. The number of hydrogen-bond acceptors (Lipinski definition) is 5. The molecule has 4 rings (SSSR count). The minimum atomic E-state index is -0.581. The molecule has 0 bridgehead atoms. The molecular weight excluding hydrogens is 368 g/mol. The van der Waals surface area contributed by atoms with Gasteiger partial charge in [-0.1, -0.05) is 31.2 Å². The van der Waals surface area contributed by atoms with Crippen LogP contribution in [0.25, 0.3) is 0 Å². The van der Waals surface area contributed by atoms with Crippen molar-refractivity contribution in [3.05, 3.63) is 59.0 Å². The van der Waals surface area contributed by atoms with Gasteiger partial charge in [0, 0.05) is 18.9 Å². The standard InChI is InChI=1S/C23H28N2O4/c1-15-10-19(15)21-9-8-18(29-21)13-24(2)14-22(26)25-12-17-7-5-4-6-16(17)11-20(25)23(27)28-3/h4-9,15,19-20H,10-14H2,1-3H3/t15-,19-,20-/m0/s1. The second-order valence-corrected chi connectivity index (χ2v) is 8.33. The van der Waals surface area contributed by atoms with Crippen molar-refractivity contribution in [3.8, 4) is 0 Å². The van der Waals surface area contributed by atoms with Gasteiger partial charge in [-0.3, -0.25) is 9.69 Å². The molecule has 154 valence electrons. The lowest BCUT2D eigenvalue weighted by molar-refractivity contribution is -0.154. The van der Waals surface area contributed by atoms with E-state index in [1.165, 1.54) is 13.5 Å². The monoisotopic (exact) mass is 396 g/mol. The minimum Gasteiger partial charge on any atom is -0.467 e. The summed E-state index contributed by atoms with van der Waals surface area (Å²) in [4.78, 5) is 28.9. The molecule has 0 radical (unpaired) electrons. The number of furan rings is 1. The van der Waals surface area contributed by atoms with Crippen LogP contribution in [0.2, 0.25) is 0 Å². The van der Waals surface area contributed by atoms with Crippen LogP contribution in [0.15, 0.2) is 40.8 Å². The fourth-order valence-electron chi connectivity index (χ4n) is 4.17. The first-order valence-electron chi connectivity index (χ1n) is 10.2. The fraction of sp³-hybridized carbons (Fsp3) is 0.478. The maximum atomic E-state index is 13.1. The molecule has 3 atom stereocenters. The average Bonchev–Trinajstić information content (AvgIpc) is 3.27. The van der Waals surface area contributed by atoms with E-state index in [4.69, 9.17) is 9.15 Å². The molecule has 29 heavy (non-hydrogen) atoms. The highest BCUT2D eigenvalue weighted by Gasteiger charge is 2.37. The molecule has 0 N–H and O–H groups in total. The van der Waals surface area contributed by atoms with Crippen molar-refractivity contribution in [2.75, 3.05) is 20.7 Å². The third-order valence-corrected chi connectivity index (χ3v) is 6.03. The van der Waals surface area contributed by atoms with Crippen LogP contribution in [0.4, 0.5) is 0 Å². The summed E-state index contributed by atoms with van der Waals surface area (Å²) in [6.07, 6.45) is 1.67. The number of esters is 1. The van der Waals surface area contributed by atoms with E-state index in [0.717, 1.165) is 22.6 Å². The van der Waals surface area contributed by atoms with E-state index in [-0.39, 0.29) is 18.4 Å². The number of nitrogens with zero attached hydrogens (tertiary/aromatic N) is 2. The van der Waals surface area contributed by atoms with Crippen molar-refractivity contribution in [1.29, 1.82) is 0 Å². The van der Waals surface area contributed by atoms with E-state index in [2.05, 4.69) is 6.92 Å². The summed E-state index contributed by atoms with van der Waals surface area (Å²) >= 11 is 0. The van der Waals surface area contributed by atoms with Crippen LogP contribution in [-0.4, -0.2) is 48.4 Å². The van der Waals surface area contributed by atoms with Crippen molar-refractivity contribution in [2.45, 2.75) is 44.8 Å². The minimum absolute atomic E-state index is 0.0833. The summed E-state index contributed by atoms with van der Waals surface area (Å²) in [6.45, 7) is 3.42. The highest BCUT2D eigenvalue weighted by molar-refractivity contribution is 5.86. The van der Waals surface area contributed by atoms with E-state index in [9.17, 15) is 9.59 Å². The SMILES string of the molecule is COC(=O)[C@@H]1Cc2ccccc2CN1C(=O)CN(C)Cc1ccc([C@H]2C[C@@H]2C)o1. The van der Waals surface area contributed by atoms with Crippen molar-refractivity contribution in [3.63, 3.8) is 0 Å². The number of ether oxygens (including phenoxy) is 1. The van der Waals surface area contributed by atoms with Gasteiger partial charge >= 0.3 is 5.97 Å². The molecule has 1 amide bonds. The normalized spacial score (nSPS) is 23.0. The Morgan fingerprint density at radius 1 is 1.21 bits per heavy atom. The summed E-state index contributed by atoms with van der Waals surface area (Å²) in [5, 5.41) is 0. The maximum absolute atomic E-state index is 13.1. The Hall–Kier alpha value is -2.60. The molecule has 6 nitrogen and oxygen atoms in total. The van der Waals surface area contributed by atoms with E-state index < -0.39 is 6.04 Å². The number of carbonyl (C=O) groups excluding carboxylic acids is 2. The first-order valence-corrected chi connectivity index (χ1v) is 10.2. The fourth-order valence-corrected chi connectivity index (χ4v) is 4.17. The van der Waals surface area contributed by atoms with Crippen molar-refractivity contribution in [1.82, 2.24) is 9.80 Å². The van der Waals surface area contributed by atoms with Crippen molar-refractivity contribution < 1.29 is 18.7 Å². The van der Waals surface area contributed by atoms with E-state index >= 15 is 0 Å². The first kappa shape index (κ1) is 19.7. The average molecular weight is 396 g/mol. The van der Waals surface area contributed by atoms with Gasteiger partial charge in [-0.05, 0) is 42.6 Å². The molecule has 1 aromatic heterocycles. The number of hydrogen-bond donors (Lipinski definition) is 0. The molecule has 1 aromatic carbocycles. The molecule has 1 aliphatic carbocycles. The number of methoxy groups -OCH3 is 1. The third kappa shape index (κ3) is 4.22. The van der Waals surface area contributed by atoms with E-state index in [0.29, 0.717) is 31.3 Å². The quantitative estimate of drug-likeness (QED) is 0.703.